The molecule has 0 heterocycles. The Morgan fingerprint density at radius 3 is 2.47 bits per heavy atom. The number of hydrogen-bond donors (Lipinski definition) is 1. The van der Waals surface area contributed by atoms with Gasteiger partial charge in [0.25, 0.3) is 0 Å². The van der Waals surface area contributed by atoms with Crippen LogP contribution in [-0.2, 0) is 6.42 Å². The molecule has 0 bridgehead atoms. The minimum absolute atomic E-state index is 0.241. The van der Waals surface area contributed by atoms with Crippen molar-refractivity contribution in [2.45, 2.75) is 12.5 Å². The summed E-state index contributed by atoms with van der Waals surface area (Å²) in [7, 11) is 1.97. The molecule has 0 amide bonds. The molecule has 0 spiro atoms. The second-order valence-corrected chi connectivity index (χ2v) is 6.45. The van der Waals surface area contributed by atoms with Gasteiger partial charge in [0.1, 0.15) is 0 Å². The highest BCUT2D eigenvalue weighted by Gasteiger charge is 2.14. The molecular formula is C15H14Br2ClN. The van der Waals surface area contributed by atoms with Gasteiger partial charge in [-0.3, -0.25) is 0 Å². The smallest absolute Gasteiger partial charge is 0.0417 e. The Morgan fingerprint density at radius 2 is 1.84 bits per heavy atom. The van der Waals surface area contributed by atoms with Gasteiger partial charge >= 0.3 is 0 Å². The van der Waals surface area contributed by atoms with E-state index in [4.69, 9.17) is 11.6 Å². The molecule has 1 nitrogen and oxygen atoms in total. The third-order valence-corrected chi connectivity index (χ3v) is 4.76. The van der Waals surface area contributed by atoms with Gasteiger partial charge in [-0.25, -0.2) is 0 Å². The van der Waals surface area contributed by atoms with E-state index in [2.05, 4.69) is 61.4 Å². The van der Waals surface area contributed by atoms with E-state index >= 15 is 0 Å². The van der Waals surface area contributed by atoms with Crippen LogP contribution in [-0.4, -0.2) is 7.05 Å². The van der Waals surface area contributed by atoms with Crippen LogP contribution in [0.1, 0.15) is 17.2 Å². The second kappa shape index (κ2) is 6.89. The van der Waals surface area contributed by atoms with Crippen LogP contribution >= 0.6 is 43.5 Å². The predicted molar refractivity (Wildman–Crippen MR) is 88.8 cm³/mol. The van der Waals surface area contributed by atoms with Crippen LogP contribution in [0.15, 0.2) is 51.4 Å². The summed E-state index contributed by atoms with van der Waals surface area (Å²) >= 11 is 13.2. The molecular weight excluding hydrogens is 389 g/mol. The lowest BCUT2D eigenvalue weighted by molar-refractivity contribution is 0.589. The highest BCUT2D eigenvalue weighted by atomic mass is 79.9. The molecule has 2 aromatic carbocycles. The Morgan fingerprint density at radius 1 is 1.11 bits per heavy atom. The lowest BCUT2D eigenvalue weighted by atomic mass is 9.99. The van der Waals surface area contributed by atoms with Crippen LogP contribution in [0.5, 0.6) is 0 Å². The van der Waals surface area contributed by atoms with Crippen LogP contribution < -0.4 is 5.32 Å². The van der Waals surface area contributed by atoms with Crippen LogP contribution in [0.2, 0.25) is 5.02 Å². The maximum absolute atomic E-state index is 5.99. The number of nitrogens with one attached hydrogen (secondary N) is 1. The first kappa shape index (κ1) is 15.0. The van der Waals surface area contributed by atoms with Crippen LogP contribution in [0, 0.1) is 0 Å². The molecule has 0 aromatic heterocycles. The molecule has 4 heteroatoms. The maximum atomic E-state index is 5.99. The van der Waals surface area contributed by atoms with E-state index in [0.29, 0.717) is 0 Å². The number of hydrogen-bond acceptors (Lipinski definition) is 1. The molecule has 2 aromatic rings. The quantitative estimate of drug-likeness (QED) is 0.724. The Balaban J connectivity index is 2.28. The van der Waals surface area contributed by atoms with E-state index in [9.17, 15) is 0 Å². The monoisotopic (exact) mass is 401 g/mol. The third-order valence-electron chi connectivity index (χ3n) is 3.07. The minimum Gasteiger partial charge on any atom is -0.313 e. The van der Waals surface area contributed by atoms with Gasteiger partial charge in [0, 0.05) is 20.0 Å². The summed E-state index contributed by atoms with van der Waals surface area (Å²) in [5, 5.41) is 4.10. The summed E-state index contributed by atoms with van der Waals surface area (Å²) in [6.07, 6.45) is 0.915. The van der Waals surface area contributed by atoms with E-state index in [-0.39, 0.29) is 6.04 Å². The molecule has 0 aliphatic heterocycles. The first-order chi connectivity index (χ1) is 9.11. The van der Waals surface area contributed by atoms with Crippen LogP contribution in [0.3, 0.4) is 0 Å². The van der Waals surface area contributed by atoms with Gasteiger partial charge in [-0.15, -0.1) is 0 Å². The molecule has 1 N–H and O–H groups in total. The summed E-state index contributed by atoms with van der Waals surface area (Å²) in [6, 6.07) is 14.4. The Bertz CT molecular complexity index is 572. The topological polar surface area (TPSA) is 12.0 Å². The molecule has 0 saturated carbocycles. The van der Waals surface area contributed by atoms with Crippen molar-refractivity contribution < 1.29 is 0 Å². The largest absolute Gasteiger partial charge is 0.313 e. The van der Waals surface area contributed by atoms with Gasteiger partial charge in [-0.2, -0.15) is 0 Å². The number of halogens is 3. The summed E-state index contributed by atoms with van der Waals surface area (Å²) in [4.78, 5) is 0. The fraction of sp³-hybridized carbons (Fsp3) is 0.200. The first-order valence-electron chi connectivity index (χ1n) is 5.97. The molecule has 19 heavy (non-hydrogen) atoms. The van der Waals surface area contributed by atoms with Crippen molar-refractivity contribution in [1.29, 1.82) is 0 Å². The van der Waals surface area contributed by atoms with Crippen molar-refractivity contribution in [3.63, 3.8) is 0 Å². The summed E-state index contributed by atoms with van der Waals surface area (Å²) in [5.41, 5.74) is 2.49. The second-order valence-electron chi connectivity index (χ2n) is 4.30. The third kappa shape index (κ3) is 3.82. The fourth-order valence-electron chi connectivity index (χ4n) is 2.04. The Hall–Kier alpha value is -0.350. The van der Waals surface area contributed by atoms with Crippen LogP contribution in [0.25, 0.3) is 0 Å². The number of rotatable bonds is 4. The van der Waals surface area contributed by atoms with E-state index in [1.807, 2.05) is 25.2 Å². The van der Waals surface area contributed by atoms with Gasteiger partial charge < -0.3 is 5.32 Å². The molecule has 0 saturated heterocycles. The molecule has 1 atom stereocenters. The van der Waals surface area contributed by atoms with Gasteiger partial charge in [-0.05, 0) is 42.8 Å². The van der Waals surface area contributed by atoms with Gasteiger partial charge in [0.05, 0.1) is 0 Å². The lowest BCUT2D eigenvalue weighted by Crippen LogP contribution is -2.19. The van der Waals surface area contributed by atoms with Crippen molar-refractivity contribution in [3.05, 3.63) is 67.6 Å². The van der Waals surface area contributed by atoms with Gasteiger partial charge in [0.2, 0.25) is 0 Å². The van der Waals surface area contributed by atoms with Crippen LogP contribution in [0.4, 0.5) is 0 Å². The van der Waals surface area contributed by atoms with Crippen molar-refractivity contribution in [2.75, 3.05) is 7.05 Å². The zero-order valence-corrected chi connectivity index (χ0v) is 14.4. The van der Waals surface area contributed by atoms with Gasteiger partial charge in [0.15, 0.2) is 0 Å². The molecule has 2 rings (SSSR count). The molecule has 0 aliphatic rings. The standard InChI is InChI=1S/C15H14Br2ClN/c1-19-15(8-10-4-2-3-5-13(10)16)12-7-6-11(18)9-14(12)17/h2-7,9,15,19H,8H2,1H3. The fourth-order valence-corrected chi connectivity index (χ4v) is 3.44. The first-order valence-corrected chi connectivity index (χ1v) is 7.94. The lowest BCUT2D eigenvalue weighted by Gasteiger charge is -2.19. The zero-order chi connectivity index (χ0) is 13.8. The highest BCUT2D eigenvalue weighted by Crippen LogP contribution is 2.30. The van der Waals surface area contributed by atoms with Gasteiger partial charge in [-0.1, -0.05) is 67.7 Å². The summed E-state index contributed by atoms with van der Waals surface area (Å²) in [5.74, 6) is 0. The minimum atomic E-state index is 0.241. The molecule has 0 fully saturated rings. The van der Waals surface area contributed by atoms with E-state index in [0.717, 1.165) is 20.4 Å². The maximum Gasteiger partial charge on any atom is 0.0417 e. The average molecular weight is 404 g/mol. The predicted octanol–water partition coefficient (Wildman–Crippen LogP) is 5.37. The average Bonchev–Trinajstić information content (AvgIpc) is 2.39. The SMILES string of the molecule is CNC(Cc1ccccc1Br)c1ccc(Cl)cc1Br. The van der Waals surface area contributed by atoms with E-state index in [1.54, 1.807) is 0 Å². The molecule has 1 unspecified atom stereocenters. The van der Waals surface area contributed by atoms with Crippen molar-refractivity contribution in [1.82, 2.24) is 5.32 Å². The van der Waals surface area contributed by atoms with E-state index < -0.39 is 0 Å². The molecule has 0 radical (unpaired) electrons. The Labute approximate surface area is 135 Å². The number of likely N-dealkylation sites (N-methyl/N-ethyl adjacent to an activating group) is 1. The molecule has 100 valence electrons. The normalized spacial score (nSPS) is 12.4. The molecule has 0 aliphatic carbocycles. The number of benzene rings is 2. The zero-order valence-electron chi connectivity index (χ0n) is 10.5. The highest BCUT2D eigenvalue weighted by molar-refractivity contribution is 9.10. The Kier molecular flexibility index (Phi) is 5.46. The summed E-state index contributed by atoms with van der Waals surface area (Å²) < 4.78 is 2.17. The van der Waals surface area contributed by atoms with E-state index in [1.165, 1.54) is 11.1 Å². The van der Waals surface area contributed by atoms with Crippen molar-refractivity contribution in [3.8, 4) is 0 Å². The van der Waals surface area contributed by atoms with Crippen molar-refractivity contribution >= 4 is 43.5 Å². The van der Waals surface area contributed by atoms with Crippen molar-refractivity contribution in [2.24, 2.45) is 0 Å². The summed E-state index contributed by atoms with van der Waals surface area (Å²) in [6.45, 7) is 0.